The first-order valence-electron chi connectivity index (χ1n) is 8.44. The average molecular weight is 378 g/mol. The molecule has 142 valence electrons. The molecule has 1 unspecified atom stereocenters. The van der Waals surface area contributed by atoms with Crippen molar-refractivity contribution in [3.8, 4) is 11.5 Å². The summed E-state index contributed by atoms with van der Waals surface area (Å²) in [6.45, 7) is 4.00. The fourth-order valence-corrected chi connectivity index (χ4v) is 3.54. The summed E-state index contributed by atoms with van der Waals surface area (Å²) in [5.74, 6) is 0.726. The summed E-state index contributed by atoms with van der Waals surface area (Å²) in [6.07, 6.45) is 1.13. The number of rotatable bonds is 6. The van der Waals surface area contributed by atoms with E-state index in [0.717, 1.165) is 51.3 Å². The average Bonchev–Trinajstić information content (AvgIpc) is 3.05. The summed E-state index contributed by atoms with van der Waals surface area (Å²) >= 11 is 0. The van der Waals surface area contributed by atoms with Crippen LogP contribution in [-0.2, 0) is 6.54 Å². The van der Waals surface area contributed by atoms with E-state index < -0.39 is 6.61 Å². The lowest BCUT2D eigenvalue weighted by Gasteiger charge is -2.32. The molecule has 3 rings (SSSR count). The van der Waals surface area contributed by atoms with E-state index in [2.05, 4.69) is 19.9 Å². The van der Waals surface area contributed by atoms with Gasteiger partial charge in [-0.3, -0.25) is 9.80 Å². The standard InChI is InChI=1S/C17H25F2N3O2.ClH/c1-23-15-3-2-13(16(10-15)24-17(18)19)11-21-7-4-14(12-21)22-8-5-20-6-9-22;/h2-3,10,14,17,20H,4-9,11-12H2,1H3;1H. The van der Waals surface area contributed by atoms with Crippen LogP contribution >= 0.6 is 12.4 Å². The maximum absolute atomic E-state index is 12.7. The largest absolute Gasteiger partial charge is 0.497 e. The van der Waals surface area contributed by atoms with Crippen LogP contribution in [0.3, 0.4) is 0 Å². The third-order valence-electron chi connectivity index (χ3n) is 4.80. The molecule has 0 spiro atoms. The molecule has 0 bridgehead atoms. The predicted octanol–water partition coefficient (Wildman–Crippen LogP) is 2.20. The maximum atomic E-state index is 12.7. The van der Waals surface area contributed by atoms with Gasteiger partial charge >= 0.3 is 6.61 Å². The molecule has 1 aromatic carbocycles. The number of methoxy groups -OCH3 is 1. The van der Waals surface area contributed by atoms with Crippen LogP contribution < -0.4 is 14.8 Å². The van der Waals surface area contributed by atoms with Gasteiger partial charge in [0.2, 0.25) is 0 Å². The fraction of sp³-hybridized carbons (Fsp3) is 0.647. The van der Waals surface area contributed by atoms with Gasteiger partial charge in [0, 0.05) is 63.5 Å². The molecule has 0 saturated carbocycles. The molecule has 0 aromatic heterocycles. The highest BCUT2D eigenvalue weighted by molar-refractivity contribution is 5.85. The molecule has 1 atom stereocenters. The van der Waals surface area contributed by atoms with E-state index in [1.54, 1.807) is 6.07 Å². The van der Waals surface area contributed by atoms with E-state index in [4.69, 9.17) is 4.74 Å². The van der Waals surface area contributed by atoms with Crippen LogP contribution in [0.15, 0.2) is 18.2 Å². The number of halogens is 3. The molecule has 25 heavy (non-hydrogen) atoms. The molecule has 0 aliphatic carbocycles. The summed E-state index contributed by atoms with van der Waals surface area (Å²) in [5, 5.41) is 3.37. The van der Waals surface area contributed by atoms with Gasteiger partial charge in [0.25, 0.3) is 0 Å². The highest BCUT2D eigenvalue weighted by Gasteiger charge is 2.29. The zero-order valence-electron chi connectivity index (χ0n) is 14.4. The molecule has 0 radical (unpaired) electrons. The molecule has 2 aliphatic rings. The first-order valence-corrected chi connectivity index (χ1v) is 8.44. The first-order chi connectivity index (χ1) is 11.7. The number of ether oxygens (including phenoxy) is 2. The number of nitrogens with one attached hydrogen (secondary N) is 1. The highest BCUT2D eigenvalue weighted by atomic mass is 35.5. The van der Waals surface area contributed by atoms with E-state index in [0.29, 0.717) is 18.3 Å². The van der Waals surface area contributed by atoms with Crippen LogP contribution in [0.1, 0.15) is 12.0 Å². The number of nitrogens with zero attached hydrogens (tertiary/aromatic N) is 2. The van der Waals surface area contributed by atoms with Crippen LogP contribution in [0, 0.1) is 0 Å². The number of benzene rings is 1. The highest BCUT2D eigenvalue weighted by Crippen LogP contribution is 2.29. The minimum atomic E-state index is -2.83. The molecule has 2 fully saturated rings. The van der Waals surface area contributed by atoms with E-state index in [1.807, 2.05) is 6.07 Å². The number of hydrogen-bond donors (Lipinski definition) is 1. The lowest BCUT2D eigenvalue weighted by atomic mass is 10.1. The molecular formula is C17H26ClF2N3O2. The lowest BCUT2D eigenvalue weighted by Crippen LogP contribution is -2.49. The van der Waals surface area contributed by atoms with Crippen molar-refractivity contribution < 1.29 is 18.3 Å². The van der Waals surface area contributed by atoms with E-state index in [-0.39, 0.29) is 18.2 Å². The number of alkyl halides is 2. The van der Waals surface area contributed by atoms with Crippen LogP contribution in [0.5, 0.6) is 11.5 Å². The van der Waals surface area contributed by atoms with Gasteiger partial charge < -0.3 is 14.8 Å². The molecule has 2 aliphatic heterocycles. The third-order valence-corrected chi connectivity index (χ3v) is 4.80. The van der Waals surface area contributed by atoms with Crippen molar-refractivity contribution in [2.24, 2.45) is 0 Å². The van der Waals surface area contributed by atoms with Crippen molar-refractivity contribution in [2.45, 2.75) is 25.6 Å². The van der Waals surface area contributed by atoms with Crippen molar-refractivity contribution in [1.82, 2.24) is 15.1 Å². The molecule has 5 nitrogen and oxygen atoms in total. The Hall–Kier alpha value is -1.15. The Morgan fingerprint density at radius 3 is 2.68 bits per heavy atom. The Kier molecular flexibility index (Phi) is 7.68. The van der Waals surface area contributed by atoms with Gasteiger partial charge in [-0.15, -0.1) is 12.4 Å². The Morgan fingerprint density at radius 1 is 1.24 bits per heavy atom. The lowest BCUT2D eigenvalue weighted by molar-refractivity contribution is -0.0508. The smallest absolute Gasteiger partial charge is 0.387 e. The maximum Gasteiger partial charge on any atom is 0.387 e. The predicted molar refractivity (Wildman–Crippen MR) is 95.0 cm³/mol. The van der Waals surface area contributed by atoms with Gasteiger partial charge in [-0.25, -0.2) is 0 Å². The second-order valence-electron chi connectivity index (χ2n) is 6.32. The Balaban J connectivity index is 0.00000225. The van der Waals surface area contributed by atoms with Crippen LogP contribution in [-0.4, -0.2) is 68.8 Å². The Morgan fingerprint density at radius 2 is 2.00 bits per heavy atom. The van der Waals surface area contributed by atoms with Crippen molar-refractivity contribution in [1.29, 1.82) is 0 Å². The van der Waals surface area contributed by atoms with Gasteiger partial charge in [-0.05, 0) is 12.5 Å². The van der Waals surface area contributed by atoms with Crippen LogP contribution in [0.25, 0.3) is 0 Å². The zero-order chi connectivity index (χ0) is 16.9. The van der Waals surface area contributed by atoms with Crippen molar-refractivity contribution in [2.75, 3.05) is 46.4 Å². The number of piperazine rings is 1. The van der Waals surface area contributed by atoms with Gasteiger partial charge in [-0.2, -0.15) is 8.78 Å². The van der Waals surface area contributed by atoms with E-state index in [9.17, 15) is 8.78 Å². The molecule has 2 heterocycles. The van der Waals surface area contributed by atoms with Crippen molar-refractivity contribution in [3.63, 3.8) is 0 Å². The van der Waals surface area contributed by atoms with Gasteiger partial charge in [-0.1, -0.05) is 6.07 Å². The fourth-order valence-electron chi connectivity index (χ4n) is 3.54. The molecule has 2 saturated heterocycles. The second-order valence-corrected chi connectivity index (χ2v) is 6.32. The zero-order valence-corrected chi connectivity index (χ0v) is 15.2. The van der Waals surface area contributed by atoms with E-state index >= 15 is 0 Å². The van der Waals surface area contributed by atoms with Gasteiger partial charge in [0.1, 0.15) is 11.5 Å². The van der Waals surface area contributed by atoms with E-state index in [1.165, 1.54) is 13.2 Å². The Labute approximate surface area is 153 Å². The van der Waals surface area contributed by atoms with Crippen molar-refractivity contribution >= 4 is 12.4 Å². The third kappa shape index (κ3) is 5.41. The summed E-state index contributed by atoms with van der Waals surface area (Å²) in [5.41, 5.74) is 0.775. The van der Waals surface area contributed by atoms with Gasteiger partial charge in [0.15, 0.2) is 0 Å². The summed E-state index contributed by atoms with van der Waals surface area (Å²) < 4.78 is 35.1. The second kappa shape index (κ2) is 9.52. The molecule has 1 N–H and O–H groups in total. The molecule has 8 heteroatoms. The quantitative estimate of drug-likeness (QED) is 0.822. The molecule has 1 aromatic rings. The van der Waals surface area contributed by atoms with Crippen molar-refractivity contribution in [3.05, 3.63) is 23.8 Å². The minimum absolute atomic E-state index is 0. The summed E-state index contributed by atoms with van der Waals surface area (Å²) in [4.78, 5) is 4.84. The summed E-state index contributed by atoms with van der Waals surface area (Å²) in [6, 6.07) is 5.70. The Bertz CT molecular complexity index is 545. The SMILES string of the molecule is COc1ccc(CN2CCC(N3CCNCC3)C2)c(OC(F)F)c1.Cl. The minimum Gasteiger partial charge on any atom is -0.497 e. The number of likely N-dealkylation sites (tertiary alicyclic amines) is 1. The van der Waals surface area contributed by atoms with Gasteiger partial charge in [0.05, 0.1) is 7.11 Å². The topological polar surface area (TPSA) is 37.0 Å². The molecule has 0 amide bonds. The molecular weight excluding hydrogens is 352 g/mol. The number of hydrogen-bond acceptors (Lipinski definition) is 5. The first kappa shape index (κ1) is 20.2. The van der Waals surface area contributed by atoms with Crippen LogP contribution in [0.4, 0.5) is 8.78 Å². The monoisotopic (exact) mass is 377 g/mol. The normalized spacial score (nSPS) is 22.0. The van der Waals surface area contributed by atoms with Crippen LogP contribution in [0.2, 0.25) is 0 Å². The summed E-state index contributed by atoms with van der Waals surface area (Å²) in [7, 11) is 1.51.